The van der Waals surface area contributed by atoms with E-state index in [0.29, 0.717) is 11.6 Å². The molecule has 4 rings (SSSR count). The number of aromatic amines is 1. The summed E-state index contributed by atoms with van der Waals surface area (Å²) in [4.78, 5) is 22.1. The van der Waals surface area contributed by atoms with Crippen molar-refractivity contribution in [2.75, 3.05) is 7.11 Å². The van der Waals surface area contributed by atoms with Crippen molar-refractivity contribution in [3.8, 4) is 17.1 Å². The van der Waals surface area contributed by atoms with Gasteiger partial charge in [0, 0.05) is 18.0 Å². The van der Waals surface area contributed by atoms with E-state index in [1.165, 1.54) is 0 Å². The van der Waals surface area contributed by atoms with Gasteiger partial charge in [0.05, 0.1) is 18.6 Å². The molecule has 1 fully saturated rings. The SMILES string of the molecule is COc1ccc(C2(C(=O)N[C@@H](C)c3nc(-c4ccncc4)n[nH]3)CCCCC2)cc1. The molecule has 0 aliphatic heterocycles. The molecular weight excluding hydrogens is 378 g/mol. The van der Waals surface area contributed by atoms with Crippen molar-refractivity contribution in [2.45, 2.75) is 50.5 Å². The second-order valence-corrected chi connectivity index (χ2v) is 7.85. The highest BCUT2D eigenvalue weighted by atomic mass is 16.5. The summed E-state index contributed by atoms with van der Waals surface area (Å²) >= 11 is 0. The Morgan fingerprint density at radius 1 is 1.10 bits per heavy atom. The Hall–Kier alpha value is -3.22. The summed E-state index contributed by atoms with van der Waals surface area (Å²) in [6, 6.07) is 11.3. The maximum Gasteiger partial charge on any atom is 0.231 e. The molecule has 2 heterocycles. The van der Waals surface area contributed by atoms with Gasteiger partial charge < -0.3 is 10.1 Å². The van der Waals surface area contributed by atoms with E-state index in [9.17, 15) is 4.79 Å². The average molecular weight is 406 g/mol. The summed E-state index contributed by atoms with van der Waals surface area (Å²) in [6.45, 7) is 1.93. The number of hydrogen-bond donors (Lipinski definition) is 2. The molecule has 1 aliphatic carbocycles. The van der Waals surface area contributed by atoms with Crippen molar-refractivity contribution in [3.05, 3.63) is 60.2 Å². The van der Waals surface area contributed by atoms with Crippen molar-refractivity contribution in [3.63, 3.8) is 0 Å². The fraction of sp³-hybridized carbons (Fsp3) is 0.391. The molecule has 2 aromatic heterocycles. The van der Waals surface area contributed by atoms with Gasteiger partial charge in [-0.15, -0.1) is 0 Å². The number of carbonyl (C=O) groups is 1. The molecule has 0 spiro atoms. The summed E-state index contributed by atoms with van der Waals surface area (Å²) in [5.41, 5.74) is 1.41. The Bertz CT molecular complexity index is 978. The van der Waals surface area contributed by atoms with E-state index in [0.717, 1.165) is 49.0 Å². The maximum atomic E-state index is 13.5. The van der Waals surface area contributed by atoms with Crippen LogP contribution in [0.15, 0.2) is 48.8 Å². The highest BCUT2D eigenvalue weighted by Crippen LogP contribution is 2.40. The summed E-state index contributed by atoms with van der Waals surface area (Å²) < 4.78 is 5.29. The minimum atomic E-state index is -0.521. The van der Waals surface area contributed by atoms with Crippen LogP contribution in [0.1, 0.15) is 56.5 Å². The van der Waals surface area contributed by atoms with Crippen LogP contribution in [-0.4, -0.2) is 33.2 Å². The van der Waals surface area contributed by atoms with Gasteiger partial charge in [-0.25, -0.2) is 4.98 Å². The minimum Gasteiger partial charge on any atom is -0.497 e. The third-order valence-electron chi connectivity index (χ3n) is 5.98. The number of ether oxygens (including phenoxy) is 1. The number of nitrogens with one attached hydrogen (secondary N) is 2. The van der Waals surface area contributed by atoms with Crippen LogP contribution in [0.3, 0.4) is 0 Å². The molecule has 7 nitrogen and oxygen atoms in total. The van der Waals surface area contributed by atoms with Gasteiger partial charge in [0.2, 0.25) is 5.91 Å². The first kappa shape index (κ1) is 20.1. The Balaban J connectivity index is 1.54. The molecule has 0 bridgehead atoms. The van der Waals surface area contributed by atoms with Crippen LogP contribution >= 0.6 is 0 Å². The van der Waals surface area contributed by atoms with Gasteiger partial charge in [-0.1, -0.05) is 31.4 Å². The number of rotatable bonds is 6. The topological polar surface area (TPSA) is 92.8 Å². The number of H-pyrrole nitrogens is 1. The molecule has 2 N–H and O–H groups in total. The van der Waals surface area contributed by atoms with E-state index < -0.39 is 5.41 Å². The smallest absolute Gasteiger partial charge is 0.231 e. The summed E-state index contributed by atoms with van der Waals surface area (Å²) in [6.07, 6.45) is 8.35. The predicted octanol–water partition coefficient (Wildman–Crippen LogP) is 3.95. The summed E-state index contributed by atoms with van der Waals surface area (Å²) in [5.74, 6) is 2.07. The molecule has 30 heavy (non-hydrogen) atoms. The molecule has 1 atom stereocenters. The minimum absolute atomic E-state index is 0.0433. The Morgan fingerprint density at radius 3 is 2.47 bits per heavy atom. The number of benzene rings is 1. The standard InChI is InChI=1S/C23H27N5O2/c1-16(20-26-21(28-27-20)17-10-14-24-15-11-17)25-22(29)23(12-4-3-5-13-23)18-6-8-19(30-2)9-7-18/h6-11,14-16H,3-5,12-13H2,1-2H3,(H,25,29)(H,26,27,28)/t16-/m0/s1. The molecule has 1 amide bonds. The quantitative estimate of drug-likeness (QED) is 0.648. The molecular formula is C23H27N5O2. The van der Waals surface area contributed by atoms with Crippen LogP contribution in [-0.2, 0) is 10.2 Å². The van der Waals surface area contributed by atoms with Crippen LogP contribution in [0.2, 0.25) is 0 Å². The number of pyridine rings is 1. The fourth-order valence-corrected chi connectivity index (χ4v) is 4.21. The lowest BCUT2D eigenvalue weighted by atomic mass is 9.68. The number of aromatic nitrogens is 4. The van der Waals surface area contributed by atoms with Crippen molar-refractivity contribution in [1.82, 2.24) is 25.5 Å². The lowest BCUT2D eigenvalue weighted by Gasteiger charge is -2.37. The monoisotopic (exact) mass is 405 g/mol. The van der Waals surface area contributed by atoms with Gasteiger partial charge in [-0.3, -0.25) is 14.9 Å². The van der Waals surface area contributed by atoms with E-state index in [1.54, 1.807) is 19.5 Å². The fourth-order valence-electron chi connectivity index (χ4n) is 4.21. The Labute approximate surface area is 176 Å². The first-order valence-electron chi connectivity index (χ1n) is 10.4. The zero-order chi connectivity index (χ0) is 21.0. The third kappa shape index (κ3) is 3.92. The average Bonchev–Trinajstić information content (AvgIpc) is 3.31. The molecule has 7 heteroatoms. The van der Waals surface area contributed by atoms with E-state index >= 15 is 0 Å². The first-order chi connectivity index (χ1) is 14.6. The number of amides is 1. The highest BCUT2D eigenvalue weighted by molar-refractivity contribution is 5.88. The van der Waals surface area contributed by atoms with Crippen molar-refractivity contribution in [1.29, 1.82) is 0 Å². The third-order valence-corrected chi connectivity index (χ3v) is 5.98. The zero-order valence-electron chi connectivity index (χ0n) is 17.4. The molecule has 0 radical (unpaired) electrons. The van der Waals surface area contributed by atoms with Crippen LogP contribution in [0, 0.1) is 0 Å². The highest BCUT2D eigenvalue weighted by Gasteiger charge is 2.41. The lowest BCUT2D eigenvalue weighted by molar-refractivity contribution is -0.128. The van der Waals surface area contributed by atoms with Crippen LogP contribution in [0.4, 0.5) is 0 Å². The number of hydrogen-bond acceptors (Lipinski definition) is 5. The molecule has 3 aromatic rings. The van der Waals surface area contributed by atoms with Gasteiger partial charge in [-0.05, 0) is 49.6 Å². The predicted molar refractivity (Wildman–Crippen MR) is 114 cm³/mol. The molecule has 1 saturated carbocycles. The van der Waals surface area contributed by atoms with Gasteiger partial charge in [0.25, 0.3) is 0 Å². The van der Waals surface area contributed by atoms with Crippen molar-refractivity contribution < 1.29 is 9.53 Å². The van der Waals surface area contributed by atoms with Crippen LogP contribution in [0.25, 0.3) is 11.4 Å². The van der Waals surface area contributed by atoms with E-state index in [1.807, 2.05) is 43.3 Å². The van der Waals surface area contributed by atoms with E-state index in [4.69, 9.17) is 4.74 Å². The summed E-state index contributed by atoms with van der Waals surface area (Å²) in [5, 5.41) is 10.4. The van der Waals surface area contributed by atoms with E-state index in [-0.39, 0.29) is 11.9 Å². The van der Waals surface area contributed by atoms with E-state index in [2.05, 4.69) is 25.5 Å². The first-order valence-corrected chi connectivity index (χ1v) is 10.4. The largest absolute Gasteiger partial charge is 0.497 e. The lowest BCUT2D eigenvalue weighted by Crippen LogP contribution is -2.46. The zero-order valence-corrected chi connectivity index (χ0v) is 17.4. The Kier molecular flexibility index (Phi) is 5.79. The van der Waals surface area contributed by atoms with Gasteiger partial charge in [-0.2, -0.15) is 5.10 Å². The number of carbonyl (C=O) groups excluding carboxylic acids is 1. The second kappa shape index (κ2) is 8.65. The Morgan fingerprint density at radius 2 is 1.80 bits per heavy atom. The molecule has 0 saturated heterocycles. The maximum absolute atomic E-state index is 13.5. The molecule has 0 unspecified atom stereocenters. The van der Waals surface area contributed by atoms with Gasteiger partial charge >= 0.3 is 0 Å². The van der Waals surface area contributed by atoms with Crippen LogP contribution in [0.5, 0.6) is 5.75 Å². The summed E-state index contributed by atoms with van der Waals surface area (Å²) in [7, 11) is 1.65. The molecule has 1 aromatic carbocycles. The van der Waals surface area contributed by atoms with Gasteiger partial charge in [0.15, 0.2) is 5.82 Å². The number of methoxy groups -OCH3 is 1. The second-order valence-electron chi connectivity index (χ2n) is 7.85. The van der Waals surface area contributed by atoms with Gasteiger partial charge in [0.1, 0.15) is 11.6 Å². The van der Waals surface area contributed by atoms with Crippen molar-refractivity contribution in [2.24, 2.45) is 0 Å². The molecule has 1 aliphatic rings. The number of nitrogens with zero attached hydrogens (tertiary/aromatic N) is 3. The van der Waals surface area contributed by atoms with Crippen molar-refractivity contribution >= 4 is 5.91 Å². The normalized spacial score (nSPS) is 16.6. The van der Waals surface area contributed by atoms with Crippen LogP contribution < -0.4 is 10.1 Å². The molecule has 156 valence electrons.